The minimum atomic E-state index is -0.811. The van der Waals surface area contributed by atoms with Crippen molar-refractivity contribution >= 4 is 11.9 Å². The van der Waals surface area contributed by atoms with Gasteiger partial charge >= 0.3 is 5.97 Å². The van der Waals surface area contributed by atoms with Gasteiger partial charge in [-0.25, -0.2) is 0 Å². The topological polar surface area (TPSA) is 102 Å². The number of carboxylic acids is 1. The molecular formula is C10H20N2O4. The highest BCUT2D eigenvalue weighted by molar-refractivity contribution is 5.76. The molecule has 0 aliphatic carbocycles. The zero-order valence-corrected chi connectivity index (χ0v) is 9.57. The molecule has 0 heterocycles. The Morgan fingerprint density at radius 2 is 2.12 bits per heavy atom. The van der Waals surface area contributed by atoms with Crippen LogP contribution in [0.3, 0.4) is 0 Å². The Balaban J connectivity index is 3.46. The van der Waals surface area contributed by atoms with Gasteiger partial charge in [-0.05, 0) is 12.8 Å². The van der Waals surface area contributed by atoms with Crippen LogP contribution in [0.15, 0.2) is 0 Å². The predicted octanol–water partition coefficient (Wildman–Crippen LogP) is -0.279. The van der Waals surface area contributed by atoms with Crippen LogP contribution in [0.25, 0.3) is 0 Å². The molecule has 0 spiro atoms. The molecule has 6 heteroatoms. The number of amides is 1. The Hall–Kier alpha value is -1.14. The fraction of sp³-hybridized carbons (Fsp3) is 0.800. The summed E-state index contributed by atoms with van der Waals surface area (Å²) in [5, 5.41) is 11.1. The molecule has 0 saturated heterocycles. The van der Waals surface area contributed by atoms with Crippen LogP contribution in [0, 0.1) is 0 Å². The molecule has 1 atom stereocenters. The van der Waals surface area contributed by atoms with E-state index in [4.69, 9.17) is 15.6 Å². The van der Waals surface area contributed by atoms with Crippen LogP contribution < -0.4 is 11.1 Å². The van der Waals surface area contributed by atoms with Crippen LogP contribution in [0.1, 0.15) is 25.7 Å². The largest absolute Gasteiger partial charge is 0.481 e. The minimum absolute atomic E-state index is 0.118. The second-order valence-electron chi connectivity index (χ2n) is 3.50. The molecule has 0 aromatic rings. The molecule has 4 N–H and O–H groups in total. The molecule has 0 saturated carbocycles. The summed E-state index contributed by atoms with van der Waals surface area (Å²) in [6.45, 7) is 0.802. The van der Waals surface area contributed by atoms with Gasteiger partial charge in [0.25, 0.3) is 0 Å². The number of hydrogen-bond acceptors (Lipinski definition) is 4. The Kier molecular flexibility index (Phi) is 8.46. The standard InChI is InChI=1S/C10H20N2O4/c1-16-8(7-11)6-9(13)12-5-3-2-4-10(14)15/h8H,2-7,11H2,1H3,(H,12,13)(H,14,15). The van der Waals surface area contributed by atoms with E-state index in [2.05, 4.69) is 5.32 Å². The first-order valence-corrected chi connectivity index (χ1v) is 5.31. The van der Waals surface area contributed by atoms with Crippen molar-refractivity contribution in [3.05, 3.63) is 0 Å². The lowest BCUT2D eigenvalue weighted by Crippen LogP contribution is -2.32. The van der Waals surface area contributed by atoms with Crippen molar-refractivity contribution in [1.29, 1.82) is 0 Å². The normalized spacial score (nSPS) is 12.1. The van der Waals surface area contributed by atoms with Gasteiger partial charge in [0.2, 0.25) is 5.91 Å². The van der Waals surface area contributed by atoms with Crippen LogP contribution in [0.5, 0.6) is 0 Å². The van der Waals surface area contributed by atoms with E-state index in [1.807, 2.05) is 0 Å². The molecule has 16 heavy (non-hydrogen) atoms. The third-order valence-corrected chi connectivity index (χ3v) is 2.15. The average Bonchev–Trinajstić information content (AvgIpc) is 2.25. The monoisotopic (exact) mass is 232 g/mol. The Bertz CT molecular complexity index is 217. The number of nitrogens with one attached hydrogen (secondary N) is 1. The number of rotatable bonds is 9. The van der Waals surface area contributed by atoms with E-state index in [1.165, 1.54) is 7.11 Å². The lowest BCUT2D eigenvalue weighted by Gasteiger charge is -2.12. The van der Waals surface area contributed by atoms with Gasteiger partial charge in [0.1, 0.15) is 0 Å². The van der Waals surface area contributed by atoms with Crippen LogP contribution in [0.4, 0.5) is 0 Å². The van der Waals surface area contributed by atoms with Gasteiger partial charge in [-0.2, -0.15) is 0 Å². The molecule has 0 bridgehead atoms. The number of methoxy groups -OCH3 is 1. The Morgan fingerprint density at radius 1 is 1.44 bits per heavy atom. The van der Waals surface area contributed by atoms with Crippen molar-refractivity contribution in [2.24, 2.45) is 5.73 Å². The van der Waals surface area contributed by atoms with Crippen molar-refractivity contribution < 1.29 is 19.4 Å². The van der Waals surface area contributed by atoms with Crippen LogP contribution >= 0.6 is 0 Å². The van der Waals surface area contributed by atoms with Crippen LogP contribution in [0.2, 0.25) is 0 Å². The molecule has 0 aromatic carbocycles. The molecule has 0 fully saturated rings. The van der Waals surface area contributed by atoms with E-state index in [1.54, 1.807) is 0 Å². The first-order valence-electron chi connectivity index (χ1n) is 5.31. The average molecular weight is 232 g/mol. The summed E-state index contributed by atoms with van der Waals surface area (Å²) in [7, 11) is 1.51. The van der Waals surface area contributed by atoms with Crippen molar-refractivity contribution in [3.8, 4) is 0 Å². The zero-order chi connectivity index (χ0) is 12.4. The molecule has 1 amide bonds. The van der Waals surface area contributed by atoms with Crippen molar-refractivity contribution in [2.75, 3.05) is 20.2 Å². The summed E-state index contributed by atoms with van der Waals surface area (Å²) in [4.78, 5) is 21.5. The summed E-state index contributed by atoms with van der Waals surface area (Å²) < 4.78 is 4.97. The number of hydrogen-bond donors (Lipinski definition) is 3. The van der Waals surface area contributed by atoms with E-state index in [9.17, 15) is 9.59 Å². The lowest BCUT2D eigenvalue weighted by molar-refractivity contribution is -0.137. The molecule has 0 radical (unpaired) electrons. The van der Waals surface area contributed by atoms with Crippen LogP contribution in [-0.4, -0.2) is 43.3 Å². The van der Waals surface area contributed by atoms with Gasteiger partial charge in [0, 0.05) is 26.6 Å². The van der Waals surface area contributed by atoms with E-state index in [-0.39, 0.29) is 24.9 Å². The van der Waals surface area contributed by atoms with Gasteiger partial charge in [0.15, 0.2) is 0 Å². The second-order valence-corrected chi connectivity index (χ2v) is 3.50. The molecule has 1 unspecified atom stereocenters. The maximum atomic E-state index is 11.3. The lowest BCUT2D eigenvalue weighted by atomic mass is 10.2. The van der Waals surface area contributed by atoms with E-state index in [0.29, 0.717) is 25.9 Å². The molecule has 0 rings (SSSR count). The van der Waals surface area contributed by atoms with Gasteiger partial charge in [-0.3, -0.25) is 9.59 Å². The summed E-state index contributed by atoms with van der Waals surface area (Å²) >= 11 is 0. The number of aliphatic carboxylic acids is 1. The SMILES string of the molecule is COC(CN)CC(=O)NCCCCC(=O)O. The van der Waals surface area contributed by atoms with Crippen molar-refractivity contribution in [2.45, 2.75) is 31.8 Å². The molecule has 6 nitrogen and oxygen atoms in total. The molecule has 0 aromatic heterocycles. The molecule has 0 aliphatic heterocycles. The van der Waals surface area contributed by atoms with Crippen LogP contribution in [-0.2, 0) is 14.3 Å². The highest BCUT2D eigenvalue weighted by Crippen LogP contribution is 1.96. The van der Waals surface area contributed by atoms with E-state index in [0.717, 1.165) is 0 Å². The Labute approximate surface area is 95.1 Å². The zero-order valence-electron chi connectivity index (χ0n) is 9.57. The quantitative estimate of drug-likeness (QED) is 0.475. The highest BCUT2D eigenvalue weighted by atomic mass is 16.5. The first-order chi connectivity index (χ1) is 7.60. The van der Waals surface area contributed by atoms with Crippen molar-refractivity contribution in [3.63, 3.8) is 0 Å². The molecule has 0 aliphatic rings. The van der Waals surface area contributed by atoms with Crippen molar-refractivity contribution in [1.82, 2.24) is 5.32 Å². The second kappa shape index (κ2) is 9.11. The number of carbonyl (C=O) groups is 2. The summed E-state index contributed by atoms with van der Waals surface area (Å²) in [5.74, 6) is -0.929. The minimum Gasteiger partial charge on any atom is -0.481 e. The predicted molar refractivity (Wildman–Crippen MR) is 59.0 cm³/mol. The summed E-state index contributed by atoms with van der Waals surface area (Å²) in [6.07, 6.45) is 1.36. The molecular weight excluding hydrogens is 212 g/mol. The fourth-order valence-corrected chi connectivity index (χ4v) is 1.17. The number of ether oxygens (including phenoxy) is 1. The van der Waals surface area contributed by atoms with Gasteiger partial charge < -0.3 is 20.9 Å². The number of carboxylic acid groups (broad SMARTS) is 1. The third kappa shape index (κ3) is 8.19. The summed E-state index contributed by atoms with van der Waals surface area (Å²) in [6, 6.07) is 0. The first kappa shape index (κ1) is 14.9. The van der Waals surface area contributed by atoms with Gasteiger partial charge in [0.05, 0.1) is 12.5 Å². The third-order valence-electron chi connectivity index (χ3n) is 2.15. The number of nitrogens with two attached hydrogens (primary N) is 1. The summed E-state index contributed by atoms with van der Waals surface area (Å²) in [5.41, 5.74) is 5.37. The highest BCUT2D eigenvalue weighted by Gasteiger charge is 2.10. The maximum absolute atomic E-state index is 11.3. The van der Waals surface area contributed by atoms with Gasteiger partial charge in [-0.15, -0.1) is 0 Å². The van der Waals surface area contributed by atoms with Gasteiger partial charge in [-0.1, -0.05) is 0 Å². The van der Waals surface area contributed by atoms with E-state index >= 15 is 0 Å². The molecule has 94 valence electrons. The number of unbranched alkanes of at least 4 members (excludes halogenated alkanes) is 1. The number of carbonyl (C=O) groups excluding carboxylic acids is 1. The maximum Gasteiger partial charge on any atom is 0.303 e. The smallest absolute Gasteiger partial charge is 0.303 e. The van der Waals surface area contributed by atoms with E-state index < -0.39 is 5.97 Å². The fourth-order valence-electron chi connectivity index (χ4n) is 1.17. The Morgan fingerprint density at radius 3 is 2.62 bits per heavy atom.